The standard InChI is InChI=1S/C8H5N5O2/c14-7-1-5(6-2-9-4-15-6)12-8-10-3-11-13(7)8/h1-4H,(H,10,11,12). The Labute approximate surface area is 82.4 Å². The number of rotatable bonds is 1. The summed E-state index contributed by atoms with van der Waals surface area (Å²) >= 11 is 0. The molecule has 0 aliphatic rings. The summed E-state index contributed by atoms with van der Waals surface area (Å²) in [7, 11) is 0. The van der Waals surface area contributed by atoms with E-state index in [9.17, 15) is 4.79 Å². The van der Waals surface area contributed by atoms with Crippen molar-refractivity contribution < 1.29 is 4.42 Å². The first-order valence-electron chi connectivity index (χ1n) is 4.16. The van der Waals surface area contributed by atoms with Gasteiger partial charge in [0.15, 0.2) is 12.2 Å². The Bertz CT molecular complexity index is 651. The average Bonchev–Trinajstić information content (AvgIpc) is 2.88. The Kier molecular flexibility index (Phi) is 1.46. The highest BCUT2D eigenvalue weighted by Crippen LogP contribution is 2.13. The molecular weight excluding hydrogens is 198 g/mol. The molecule has 3 aromatic heterocycles. The smallest absolute Gasteiger partial charge is 0.274 e. The third kappa shape index (κ3) is 1.13. The molecule has 74 valence electrons. The number of hydrogen-bond donors (Lipinski definition) is 1. The summed E-state index contributed by atoms with van der Waals surface area (Å²) in [6.45, 7) is 0. The van der Waals surface area contributed by atoms with E-state index in [0.29, 0.717) is 17.2 Å². The monoisotopic (exact) mass is 203 g/mol. The third-order valence-corrected chi connectivity index (χ3v) is 1.95. The maximum absolute atomic E-state index is 11.5. The molecule has 7 nitrogen and oxygen atoms in total. The van der Waals surface area contributed by atoms with Crippen LogP contribution in [0, 0.1) is 0 Å². The van der Waals surface area contributed by atoms with Crippen LogP contribution in [-0.2, 0) is 0 Å². The quantitative estimate of drug-likeness (QED) is 0.604. The summed E-state index contributed by atoms with van der Waals surface area (Å²) in [5.74, 6) is 0.742. The molecule has 3 heterocycles. The molecule has 0 aromatic carbocycles. The fourth-order valence-electron chi connectivity index (χ4n) is 1.29. The van der Waals surface area contributed by atoms with E-state index in [1.54, 1.807) is 0 Å². The van der Waals surface area contributed by atoms with E-state index >= 15 is 0 Å². The van der Waals surface area contributed by atoms with Crippen LogP contribution in [0.3, 0.4) is 0 Å². The van der Waals surface area contributed by atoms with Gasteiger partial charge in [-0.2, -0.15) is 4.52 Å². The first-order valence-corrected chi connectivity index (χ1v) is 4.16. The molecule has 3 rings (SSSR count). The molecule has 7 heteroatoms. The van der Waals surface area contributed by atoms with E-state index in [1.165, 1.54) is 29.5 Å². The zero-order valence-corrected chi connectivity index (χ0v) is 7.41. The van der Waals surface area contributed by atoms with E-state index in [0.717, 1.165) is 0 Å². The van der Waals surface area contributed by atoms with Gasteiger partial charge in [-0.15, -0.1) is 0 Å². The lowest BCUT2D eigenvalue weighted by molar-refractivity contribution is 0.569. The van der Waals surface area contributed by atoms with E-state index in [1.807, 2.05) is 0 Å². The molecule has 0 aliphatic carbocycles. The molecule has 15 heavy (non-hydrogen) atoms. The average molecular weight is 203 g/mol. The maximum atomic E-state index is 11.5. The van der Waals surface area contributed by atoms with Crippen LogP contribution in [0.15, 0.2) is 34.2 Å². The van der Waals surface area contributed by atoms with E-state index in [-0.39, 0.29) is 5.56 Å². The van der Waals surface area contributed by atoms with Crippen molar-refractivity contribution in [1.82, 2.24) is 24.6 Å². The molecule has 0 amide bonds. The lowest BCUT2D eigenvalue weighted by Crippen LogP contribution is -2.14. The Morgan fingerprint density at radius 3 is 3.20 bits per heavy atom. The van der Waals surface area contributed by atoms with Crippen molar-refractivity contribution in [2.75, 3.05) is 0 Å². The van der Waals surface area contributed by atoms with Crippen LogP contribution in [0.4, 0.5) is 0 Å². The van der Waals surface area contributed by atoms with E-state index in [4.69, 9.17) is 4.42 Å². The van der Waals surface area contributed by atoms with Gasteiger partial charge in [-0.1, -0.05) is 0 Å². The minimum Gasteiger partial charge on any atom is -0.442 e. The van der Waals surface area contributed by atoms with Crippen LogP contribution in [0.25, 0.3) is 17.2 Å². The lowest BCUT2D eigenvalue weighted by atomic mass is 10.3. The van der Waals surface area contributed by atoms with Gasteiger partial charge >= 0.3 is 0 Å². The predicted molar refractivity (Wildman–Crippen MR) is 49.1 cm³/mol. The van der Waals surface area contributed by atoms with Gasteiger partial charge in [-0.05, 0) is 0 Å². The normalized spacial score (nSPS) is 10.9. The topological polar surface area (TPSA) is 89.1 Å². The Hall–Kier alpha value is -2.44. The molecule has 0 unspecified atom stereocenters. The minimum atomic E-state index is -0.246. The highest BCUT2D eigenvalue weighted by molar-refractivity contribution is 5.52. The molecule has 0 saturated heterocycles. The van der Waals surface area contributed by atoms with Crippen molar-refractivity contribution in [3.63, 3.8) is 0 Å². The number of oxazole rings is 1. The Morgan fingerprint density at radius 1 is 1.47 bits per heavy atom. The van der Waals surface area contributed by atoms with E-state index in [2.05, 4.69) is 20.1 Å². The third-order valence-electron chi connectivity index (χ3n) is 1.95. The molecule has 0 fully saturated rings. The first kappa shape index (κ1) is 7.92. The minimum absolute atomic E-state index is 0.246. The van der Waals surface area contributed by atoms with Crippen molar-refractivity contribution in [2.24, 2.45) is 0 Å². The van der Waals surface area contributed by atoms with Crippen molar-refractivity contribution in [1.29, 1.82) is 0 Å². The number of aromatic amines is 1. The van der Waals surface area contributed by atoms with Crippen molar-refractivity contribution in [2.45, 2.75) is 0 Å². The van der Waals surface area contributed by atoms with Crippen LogP contribution in [0.1, 0.15) is 0 Å². The molecule has 0 bridgehead atoms. The number of nitrogens with one attached hydrogen (secondary N) is 1. The second kappa shape index (κ2) is 2.77. The molecule has 0 aliphatic heterocycles. The summed E-state index contributed by atoms with van der Waals surface area (Å²) < 4.78 is 6.28. The largest absolute Gasteiger partial charge is 0.442 e. The fourth-order valence-corrected chi connectivity index (χ4v) is 1.29. The van der Waals surface area contributed by atoms with Crippen LogP contribution in [0.5, 0.6) is 0 Å². The summed E-state index contributed by atoms with van der Waals surface area (Å²) in [6.07, 6.45) is 4.17. The van der Waals surface area contributed by atoms with Crippen molar-refractivity contribution in [3.05, 3.63) is 35.3 Å². The molecule has 0 spiro atoms. The van der Waals surface area contributed by atoms with Crippen LogP contribution in [-0.4, -0.2) is 24.6 Å². The Morgan fingerprint density at radius 2 is 2.40 bits per heavy atom. The highest BCUT2D eigenvalue weighted by Gasteiger charge is 2.08. The number of H-pyrrole nitrogens is 1. The molecule has 0 atom stereocenters. The van der Waals surface area contributed by atoms with Gasteiger partial charge in [0, 0.05) is 6.07 Å². The second-order valence-electron chi connectivity index (χ2n) is 2.87. The van der Waals surface area contributed by atoms with Crippen LogP contribution < -0.4 is 5.56 Å². The summed E-state index contributed by atoms with van der Waals surface area (Å²) in [5.41, 5.74) is 0.175. The number of aromatic nitrogens is 5. The number of nitrogens with zero attached hydrogens (tertiary/aromatic N) is 4. The van der Waals surface area contributed by atoms with Gasteiger partial charge in [-0.25, -0.2) is 15.0 Å². The first-order chi connectivity index (χ1) is 7.34. The summed E-state index contributed by atoms with van der Waals surface area (Å²) in [5, 5.41) is 2.64. The molecule has 0 saturated carbocycles. The summed E-state index contributed by atoms with van der Waals surface area (Å²) in [4.78, 5) is 23.3. The van der Waals surface area contributed by atoms with Gasteiger partial charge in [0.2, 0.25) is 0 Å². The number of hydrogen-bond acceptors (Lipinski definition) is 5. The molecular formula is C8H5N5O2. The number of fused-ring (bicyclic) bond motifs is 1. The van der Waals surface area contributed by atoms with E-state index < -0.39 is 0 Å². The molecule has 3 aromatic rings. The highest BCUT2D eigenvalue weighted by atomic mass is 16.3. The molecule has 0 radical (unpaired) electrons. The second-order valence-corrected chi connectivity index (χ2v) is 2.87. The lowest BCUT2D eigenvalue weighted by Gasteiger charge is -1.94. The predicted octanol–water partition coefficient (Wildman–Crippen LogP) is 0.0726. The maximum Gasteiger partial charge on any atom is 0.274 e. The fraction of sp³-hybridized carbons (Fsp3) is 0. The van der Waals surface area contributed by atoms with Gasteiger partial charge in [0.25, 0.3) is 11.3 Å². The van der Waals surface area contributed by atoms with Crippen molar-refractivity contribution in [3.8, 4) is 11.5 Å². The zero-order valence-electron chi connectivity index (χ0n) is 7.41. The molecule has 1 N–H and O–H groups in total. The zero-order chi connectivity index (χ0) is 10.3. The van der Waals surface area contributed by atoms with Gasteiger partial charge in [0.05, 0.1) is 6.20 Å². The SMILES string of the molecule is O=c1cc(-c2cnco2)nc2nc[nH]n12. The van der Waals surface area contributed by atoms with Gasteiger partial charge in [0.1, 0.15) is 12.0 Å². The van der Waals surface area contributed by atoms with Gasteiger partial charge < -0.3 is 4.42 Å². The van der Waals surface area contributed by atoms with Crippen LogP contribution >= 0.6 is 0 Å². The van der Waals surface area contributed by atoms with Crippen LogP contribution in [0.2, 0.25) is 0 Å². The Balaban J connectivity index is 2.34. The summed E-state index contributed by atoms with van der Waals surface area (Å²) in [6, 6.07) is 1.35. The van der Waals surface area contributed by atoms with Crippen molar-refractivity contribution >= 4 is 5.78 Å². The van der Waals surface area contributed by atoms with Gasteiger partial charge in [-0.3, -0.25) is 9.89 Å².